The maximum absolute atomic E-state index is 12.9. The number of methoxy groups -OCH3 is 1. The zero-order valence-corrected chi connectivity index (χ0v) is 14.9. The van der Waals surface area contributed by atoms with Crippen molar-refractivity contribution in [1.29, 1.82) is 0 Å². The Hall–Kier alpha value is -3.88. The molecule has 3 aromatic rings. The first-order valence-electron chi connectivity index (χ1n) is 8.45. The number of carbonyl (C=O) groups is 1. The van der Waals surface area contributed by atoms with Crippen molar-refractivity contribution in [2.45, 2.75) is 12.7 Å². The molecule has 142 valence electrons. The minimum atomic E-state index is -0.635. The van der Waals surface area contributed by atoms with Crippen molar-refractivity contribution in [3.05, 3.63) is 82.1 Å². The van der Waals surface area contributed by atoms with Crippen molar-refractivity contribution >= 4 is 17.3 Å². The number of nitro groups is 1. The van der Waals surface area contributed by atoms with Crippen LogP contribution in [-0.2, 0) is 6.54 Å². The van der Waals surface area contributed by atoms with Gasteiger partial charge < -0.3 is 19.4 Å². The van der Waals surface area contributed by atoms with E-state index in [0.717, 1.165) is 0 Å². The van der Waals surface area contributed by atoms with Gasteiger partial charge in [0.25, 0.3) is 11.6 Å². The van der Waals surface area contributed by atoms with E-state index in [9.17, 15) is 14.9 Å². The molecule has 0 radical (unpaired) electrons. The lowest BCUT2D eigenvalue weighted by Gasteiger charge is -2.26. The van der Waals surface area contributed by atoms with E-state index in [-0.39, 0.29) is 18.1 Å². The Balaban J connectivity index is 1.74. The molecule has 1 atom stereocenters. The van der Waals surface area contributed by atoms with Gasteiger partial charge in [0.15, 0.2) is 0 Å². The fraction of sp³-hybridized carbons (Fsp3) is 0.158. The van der Waals surface area contributed by atoms with E-state index < -0.39 is 11.1 Å². The molecule has 1 aliphatic heterocycles. The normalized spacial score (nSPS) is 15.4. The number of pyridine rings is 1. The van der Waals surface area contributed by atoms with Gasteiger partial charge in [-0.2, -0.15) is 0 Å². The summed E-state index contributed by atoms with van der Waals surface area (Å²) in [5.41, 5.74) is 1.30. The molecule has 0 saturated carbocycles. The van der Waals surface area contributed by atoms with Crippen LogP contribution in [0, 0.1) is 10.1 Å². The number of benzene rings is 1. The minimum absolute atomic E-state index is 0.0912. The highest BCUT2D eigenvalue weighted by Crippen LogP contribution is 2.37. The van der Waals surface area contributed by atoms with Crippen LogP contribution >= 0.6 is 0 Å². The summed E-state index contributed by atoms with van der Waals surface area (Å²) < 4.78 is 10.7. The number of hydrogen-bond acceptors (Lipinski definition) is 7. The van der Waals surface area contributed by atoms with Crippen molar-refractivity contribution < 1.29 is 18.9 Å². The van der Waals surface area contributed by atoms with Crippen LogP contribution in [0.1, 0.15) is 28.0 Å². The Kier molecular flexibility index (Phi) is 4.40. The number of rotatable bonds is 6. The highest BCUT2D eigenvalue weighted by atomic mass is 16.6. The molecule has 0 spiro atoms. The van der Waals surface area contributed by atoms with E-state index in [1.807, 2.05) is 0 Å². The van der Waals surface area contributed by atoms with Crippen LogP contribution in [0.25, 0.3) is 0 Å². The smallest absolute Gasteiger partial charge is 0.271 e. The summed E-state index contributed by atoms with van der Waals surface area (Å²) >= 11 is 0. The number of nitrogens with one attached hydrogen (secondary N) is 1. The number of nitrogens with zero attached hydrogens (tertiary/aromatic N) is 3. The minimum Gasteiger partial charge on any atom is -0.495 e. The van der Waals surface area contributed by atoms with Gasteiger partial charge in [0.05, 0.1) is 41.8 Å². The van der Waals surface area contributed by atoms with Gasteiger partial charge in [-0.1, -0.05) is 0 Å². The molecule has 2 aromatic heterocycles. The SMILES string of the molecule is COc1ccc([N+](=O)[O-])cc1N[C@H]1c2ncccc2C(=O)N1Cc1ccco1. The fourth-order valence-electron chi connectivity index (χ4n) is 3.19. The molecule has 9 heteroatoms. The van der Waals surface area contributed by atoms with Crippen LogP contribution in [0.5, 0.6) is 5.75 Å². The Labute approximate surface area is 159 Å². The third-order valence-electron chi connectivity index (χ3n) is 4.49. The number of fused-ring (bicyclic) bond motifs is 1. The number of furan rings is 1. The number of aromatic nitrogens is 1. The van der Waals surface area contributed by atoms with E-state index in [4.69, 9.17) is 9.15 Å². The van der Waals surface area contributed by atoms with Gasteiger partial charge in [-0.05, 0) is 30.3 Å². The molecular weight excluding hydrogens is 364 g/mol. The number of nitro benzene ring substituents is 1. The molecule has 1 amide bonds. The second-order valence-electron chi connectivity index (χ2n) is 6.14. The Morgan fingerprint density at radius 1 is 1.32 bits per heavy atom. The molecular formula is C19H16N4O5. The topological polar surface area (TPSA) is 111 Å². The van der Waals surface area contributed by atoms with Gasteiger partial charge >= 0.3 is 0 Å². The first kappa shape index (κ1) is 17.5. The number of carbonyl (C=O) groups excluding carboxylic acids is 1. The number of amides is 1. The summed E-state index contributed by atoms with van der Waals surface area (Å²) in [7, 11) is 1.47. The lowest BCUT2D eigenvalue weighted by Crippen LogP contribution is -2.32. The number of anilines is 1. The van der Waals surface area contributed by atoms with Crippen molar-refractivity contribution in [3.8, 4) is 5.75 Å². The molecule has 3 heterocycles. The van der Waals surface area contributed by atoms with Crippen LogP contribution in [-0.4, -0.2) is 27.8 Å². The molecule has 9 nitrogen and oxygen atoms in total. The molecule has 1 aromatic carbocycles. The molecule has 0 bridgehead atoms. The van der Waals surface area contributed by atoms with E-state index in [2.05, 4.69) is 10.3 Å². The van der Waals surface area contributed by atoms with Crippen LogP contribution in [0.4, 0.5) is 11.4 Å². The first-order chi connectivity index (χ1) is 13.6. The molecule has 0 saturated heterocycles. The standard InChI is InChI=1S/C19H16N4O5/c1-27-16-7-6-12(23(25)26)10-15(16)21-18-17-14(5-2-8-20-17)19(24)22(18)11-13-4-3-9-28-13/h2-10,18,21H,11H2,1H3/t18-/m1/s1. The molecule has 0 fully saturated rings. The highest BCUT2D eigenvalue weighted by Gasteiger charge is 2.38. The third kappa shape index (κ3) is 3.02. The highest BCUT2D eigenvalue weighted by molar-refractivity contribution is 5.99. The summed E-state index contributed by atoms with van der Waals surface area (Å²) in [4.78, 5) is 29.5. The number of non-ortho nitro benzene ring substituents is 1. The van der Waals surface area contributed by atoms with Gasteiger partial charge in [0.2, 0.25) is 0 Å². The average molecular weight is 380 g/mol. The van der Waals surface area contributed by atoms with Crippen molar-refractivity contribution in [3.63, 3.8) is 0 Å². The quantitative estimate of drug-likeness (QED) is 0.515. The zero-order valence-electron chi connectivity index (χ0n) is 14.9. The molecule has 1 N–H and O–H groups in total. The van der Waals surface area contributed by atoms with Crippen LogP contribution in [0.2, 0.25) is 0 Å². The molecule has 4 rings (SSSR count). The van der Waals surface area contributed by atoms with Gasteiger partial charge in [-0.15, -0.1) is 0 Å². The summed E-state index contributed by atoms with van der Waals surface area (Å²) in [6, 6.07) is 11.1. The molecule has 0 unspecified atom stereocenters. The Morgan fingerprint density at radius 2 is 2.18 bits per heavy atom. The predicted molar refractivity (Wildman–Crippen MR) is 98.8 cm³/mol. The van der Waals surface area contributed by atoms with E-state index in [0.29, 0.717) is 28.5 Å². The number of hydrogen-bond donors (Lipinski definition) is 1. The maximum atomic E-state index is 12.9. The Morgan fingerprint density at radius 3 is 2.89 bits per heavy atom. The summed E-state index contributed by atoms with van der Waals surface area (Å²) in [6.45, 7) is 0.219. The van der Waals surface area contributed by atoms with Gasteiger partial charge in [0.1, 0.15) is 17.7 Å². The van der Waals surface area contributed by atoms with Crippen LogP contribution < -0.4 is 10.1 Å². The van der Waals surface area contributed by atoms with Crippen molar-refractivity contribution in [2.75, 3.05) is 12.4 Å². The number of ether oxygens (including phenoxy) is 1. The van der Waals surface area contributed by atoms with Crippen LogP contribution in [0.3, 0.4) is 0 Å². The first-order valence-corrected chi connectivity index (χ1v) is 8.45. The average Bonchev–Trinajstić information content (AvgIpc) is 3.31. The summed E-state index contributed by atoms with van der Waals surface area (Å²) in [5.74, 6) is 0.820. The van der Waals surface area contributed by atoms with Crippen LogP contribution in [0.15, 0.2) is 59.3 Å². The van der Waals surface area contributed by atoms with Gasteiger partial charge in [-0.25, -0.2) is 0 Å². The third-order valence-corrected chi connectivity index (χ3v) is 4.49. The van der Waals surface area contributed by atoms with Gasteiger partial charge in [0, 0.05) is 18.3 Å². The van der Waals surface area contributed by atoms with Crippen molar-refractivity contribution in [2.24, 2.45) is 0 Å². The summed E-state index contributed by atoms with van der Waals surface area (Å²) in [6.07, 6.45) is 2.50. The summed E-state index contributed by atoms with van der Waals surface area (Å²) in [5, 5.41) is 14.3. The monoisotopic (exact) mass is 380 g/mol. The molecule has 28 heavy (non-hydrogen) atoms. The van der Waals surface area contributed by atoms with Gasteiger partial charge in [-0.3, -0.25) is 19.9 Å². The van der Waals surface area contributed by atoms with E-state index >= 15 is 0 Å². The zero-order chi connectivity index (χ0) is 19.7. The lowest BCUT2D eigenvalue weighted by atomic mass is 10.2. The second-order valence-corrected chi connectivity index (χ2v) is 6.14. The fourth-order valence-corrected chi connectivity index (χ4v) is 3.19. The largest absolute Gasteiger partial charge is 0.495 e. The van der Waals surface area contributed by atoms with E-state index in [1.54, 1.807) is 35.4 Å². The lowest BCUT2D eigenvalue weighted by molar-refractivity contribution is -0.384. The van der Waals surface area contributed by atoms with E-state index in [1.165, 1.54) is 31.6 Å². The second kappa shape index (κ2) is 7.03. The van der Waals surface area contributed by atoms with Crippen molar-refractivity contribution in [1.82, 2.24) is 9.88 Å². The Bertz CT molecular complexity index is 1030. The predicted octanol–water partition coefficient (Wildman–Crippen LogP) is 3.36. The maximum Gasteiger partial charge on any atom is 0.271 e. The molecule has 1 aliphatic rings. The molecule has 0 aliphatic carbocycles.